The maximum atomic E-state index is 10.4. The molecule has 2 atom stereocenters. The Bertz CT molecular complexity index is 140. The number of carboxylic acid groups (broad SMARTS) is 1. The molecule has 2 unspecified atom stereocenters. The quantitative estimate of drug-likeness (QED) is 0.550. The molecule has 6 heteroatoms. The zero-order chi connectivity index (χ0) is 8.69. The minimum Gasteiger partial charge on any atom is -0.481 e. The lowest BCUT2D eigenvalue weighted by atomic mass is 10.1. The highest BCUT2D eigenvalue weighted by atomic mass is 31.1. The molecule has 0 heterocycles. The molecule has 0 saturated carbocycles. The Morgan fingerprint density at radius 1 is 1.73 bits per heavy atom. The zero-order valence-electron chi connectivity index (χ0n) is 6.03. The second-order valence-electron chi connectivity index (χ2n) is 2.04. The van der Waals surface area contributed by atoms with Crippen molar-refractivity contribution in [2.75, 3.05) is 13.2 Å². The van der Waals surface area contributed by atoms with E-state index in [-0.39, 0.29) is 6.61 Å². The summed E-state index contributed by atoms with van der Waals surface area (Å²) in [5.41, 5.74) is 5.15. The molecule has 66 valence electrons. The third-order valence-electron chi connectivity index (χ3n) is 1.23. The van der Waals surface area contributed by atoms with Crippen LogP contribution in [0, 0.1) is 5.92 Å². The highest BCUT2D eigenvalue weighted by Gasteiger charge is 2.15. The van der Waals surface area contributed by atoms with Crippen LogP contribution in [0.25, 0.3) is 0 Å². The van der Waals surface area contributed by atoms with Gasteiger partial charge in [0, 0.05) is 0 Å². The Morgan fingerprint density at radius 2 is 2.36 bits per heavy atom. The van der Waals surface area contributed by atoms with Gasteiger partial charge in [0.05, 0.1) is 12.5 Å². The number of rotatable bonds is 6. The number of carboxylic acids is 1. The van der Waals surface area contributed by atoms with Crippen molar-refractivity contribution in [3.63, 3.8) is 0 Å². The van der Waals surface area contributed by atoms with Crippen molar-refractivity contribution in [3.05, 3.63) is 0 Å². The largest absolute Gasteiger partial charge is 0.481 e. The first kappa shape index (κ1) is 10.6. The van der Waals surface area contributed by atoms with Crippen molar-refractivity contribution in [2.24, 2.45) is 11.7 Å². The molecule has 0 aromatic heterocycles. The van der Waals surface area contributed by atoms with E-state index in [9.17, 15) is 9.36 Å². The van der Waals surface area contributed by atoms with Crippen LogP contribution in [0.1, 0.15) is 6.42 Å². The molecule has 0 bridgehead atoms. The molecule has 0 fully saturated rings. The number of hydrogen-bond donors (Lipinski definition) is 2. The van der Waals surface area contributed by atoms with Gasteiger partial charge in [-0.3, -0.25) is 9.36 Å². The summed E-state index contributed by atoms with van der Waals surface area (Å²) in [7, 11) is -1.32. The van der Waals surface area contributed by atoms with Crippen molar-refractivity contribution in [1.82, 2.24) is 0 Å². The Balaban J connectivity index is 3.68. The zero-order valence-corrected chi connectivity index (χ0v) is 7.18. The van der Waals surface area contributed by atoms with E-state index in [1.165, 1.54) is 0 Å². The molecule has 0 aliphatic rings. The molecule has 0 aromatic carbocycles. The van der Waals surface area contributed by atoms with Crippen molar-refractivity contribution in [2.45, 2.75) is 6.42 Å². The summed E-state index contributed by atoms with van der Waals surface area (Å²) in [4.78, 5) is 10.4. The van der Waals surface area contributed by atoms with Gasteiger partial charge in [0.2, 0.25) is 0 Å². The van der Waals surface area contributed by atoms with Gasteiger partial charge in [0.15, 0.2) is 8.69 Å². The minimum atomic E-state index is -1.32. The lowest BCUT2D eigenvalue weighted by molar-refractivity contribution is -0.142. The second-order valence-corrected chi connectivity index (χ2v) is 2.57. The van der Waals surface area contributed by atoms with Crippen LogP contribution in [0.3, 0.4) is 0 Å². The van der Waals surface area contributed by atoms with Crippen LogP contribution in [-0.4, -0.2) is 24.2 Å². The molecule has 0 amide bonds. The van der Waals surface area contributed by atoms with Crippen molar-refractivity contribution in [3.8, 4) is 0 Å². The highest BCUT2D eigenvalue weighted by Crippen LogP contribution is 2.06. The first-order valence-electron chi connectivity index (χ1n) is 3.20. The highest BCUT2D eigenvalue weighted by molar-refractivity contribution is 7.17. The van der Waals surface area contributed by atoms with E-state index in [2.05, 4.69) is 4.52 Å². The minimum absolute atomic E-state index is 0.00856. The summed E-state index contributed by atoms with van der Waals surface area (Å²) in [5.74, 6) is -1.58. The Kier molecular flexibility index (Phi) is 6.12. The van der Waals surface area contributed by atoms with Gasteiger partial charge in [-0.1, -0.05) is 0 Å². The molecule has 0 saturated heterocycles. The normalized spacial score (nSPS) is 13.9. The standard InChI is InChI=1S/C5H12NO4P/c6-2-1-4(5(7)8)3-10-11-9/h4H,1-3,6,11H2,(H,7,8). The van der Waals surface area contributed by atoms with Gasteiger partial charge >= 0.3 is 5.97 Å². The Morgan fingerprint density at radius 3 is 2.73 bits per heavy atom. The van der Waals surface area contributed by atoms with Crippen LogP contribution >= 0.6 is 8.69 Å². The maximum Gasteiger partial charge on any atom is 0.308 e. The summed E-state index contributed by atoms with van der Waals surface area (Å²) >= 11 is 0. The van der Waals surface area contributed by atoms with Crippen LogP contribution in [0.2, 0.25) is 0 Å². The first-order valence-corrected chi connectivity index (χ1v) is 4.14. The SMILES string of the molecule is NCCC(CO[PH2]=O)C(=O)O. The molecule has 0 aliphatic heterocycles. The van der Waals surface area contributed by atoms with E-state index in [0.29, 0.717) is 13.0 Å². The van der Waals surface area contributed by atoms with E-state index < -0.39 is 20.6 Å². The van der Waals surface area contributed by atoms with Gasteiger partial charge in [-0.05, 0) is 13.0 Å². The van der Waals surface area contributed by atoms with E-state index in [4.69, 9.17) is 10.8 Å². The van der Waals surface area contributed by atoms with Gasteiger partial charge in [-0.25, -0.2) is 0 Å². The molecule has 0 spiro atoms. The molecule has 0 radical (unpaired) electrons. The van der Waals surface area contributed by atoms with Gasteiger partial charge < -0.3 is 15.4 Å². The van der Waals surface area contributed by atoms with E-state index in [0.717, 1.165) is 0 Å². The van der Waals surface area contributed by atoms with Crippen LogP contribution < -0.4 is 5.73 Å². The molecule has 3 N–H and O–H groups in total. The summed E-state index contributed by atoms with van der Waals surface area (Å²) in [6.45, 7) is 0.292. The second kappa shape index (κ2) is 6.34. The predicted octanol–water partition coefficient (Wildman–Crippen LogP) is -0.276. The number of aliphatic carboxylic acids is 1. The molecule has 5 nitrogen and oxygen atoms in total. The maximum absolute atomic E-state index is 10.4. The molecule has 0 rings (SSSR count). The summed E-state index contributed by atoms with van der Waals surface area (Å²) < 4.78 is 14.4. The van der Waals surface area contributed by atoms with Crippen molar-refractivity contribution < 1.29 is 19.0 Å². The Labute approximate surface area is 65.8 Å². The fraction of sp³-hybridized carbons (Fsp3) is 0.800. The van der Waals surface area contributed by atoms with Crippen molar-refractivity contribution >= 4 is 14.7 Å². The van der Waals surface area contributed by atoms with Crippen LogP contribution in [0.5, 0.6) is 0 Å². The number of hydrogen-bond acceptors (Lipinski definition) is 4. The monoisotopic (exact) mass is 181 g/mol. The summed E-state index contributed by atoms with van der Waals surface area (Å²) in [6.07, 6.45) is 0.356. The van der Waals surface area contributed by atoms with E-state index >= 15 is 0 Å². The summed E-state index contributed by atoms with van der Waals surface area (Å²) in [5, 5.41) is 8.50. The van der Waals surface area contributed by atoms with Crippen LogP contribution in [0.15, 0.2) is 0 Å². The molecule has 0 aromatic rings. The average molecular weight is 181 g/mol. The van der Waals surface area contributed by atoms with E-state index in [1.807, 2.05) is 0 Å². The van der Waals surface area contributed by atoms with Crippen LogP contribution in [0.4, 0.5) is 0 Å². The molecular weight excluding hydrogens is 169 g/mol. The Hall–Kier alpha value is -0.380. The summed E-state index contributed by atoms with van der Waals surface area (Å²) in [6, 6.07) is 0. The topological polar surface area (TPSA) is 89.6 Å². The molecular formula is C5H12NO4P. The third kappa shape index (κ3) is 4.95. The fourth-order valence-corrected chi connectivity index (χ4v) is 0.946. The average Bonchev–Trinajstić information content (AvgIpc) is 1.97. The molecule has 0 aliphatic carbocycles. The first-order chi connectivity index (χ1) is 5.22. The van der Waals surface area contributed by atoms with E-state index in [1.54, 1.807) is 0 Å². The third-order valence-corrected chi connectivity index (χ3v) is 1.56. The lowest BCUT2D eigenvalue weighted by Crippen LogP contribution is -2.21. The lowest BCUT2D eigenvalue weighted by Gasteiger charge is -2.07. The number of carbonyl (C=O) groups is 1. The van der Waals surface area contributed by atoms with Gasteiger partial charge in [-0.2, -0.15) is 0 Å². The smallest absolute Gasteiger partial charge is 0.308 e. The predicted molar refractivity (Wildman–Crippen MR) is 41.1 cm³/mol. The van der Waals surface area contributed by atoms with Gasteiger partial charge in [0.25, 0.3) is 0 Å². The van der Waals surface area contributed by atoms with Crippen LogP contribution in [-0.2, 0) is 13.9 Å². The van der Waals surface area contributed by atoms with Gasteiger partial charge in [-0.15, -0.1) is 0 Å². The molecule has 11 heavy (non-hydrogen) atoms. The van der Waals surface area contributed by atoms with Crippen molar-refractivity contribution in [1.29, 1.82) is 0 Å². The fourth-order valence-electron chi connectivity index (χ4n) is 0.635. The van der Waals surface area contributed by atoms with Gasteiger partial charge in [0.1, 0.15) is 0 Å². The number of nitrogens with two attached hydrogens (primary N) is 1.